The summed E-state index contributed by atoms with van der Waals surface area (Å²) >= 11 is 5.87. The first kappa shape index (κ1) is 14.4. The van der Waals surface area contributed by atoms with Gasteiger partial charge >= 0.3 is 0 Å². The van der Waals surface area contributed by atoms with Gasteiger partial charge in [-0.3, -0.25) is 4.79 Å². The van der Waals surface area contributed by atoms with Crippen molar-refractivity contribution in [2.24, 2.45) is 0 Å². The molecule has 1 aromatic heterocycles. The third-order valence-corrected chi connectivity index (χ3v) is 3.89. The van der Waals surface area contributed by atoms with Crippen LogP contribution in [0.5, 0.6) is 0 Å². The molecule has 0 spiro atoms. The number of nitrogens with zero attached hydrogens (tertiary/aromatic N) is 2. The smallest absolute Gasteiger partial charge is 0.225 e. The zero-order chi connectivity index (χ0) is 15.5. The first-order valence-corrected chi connectivity index (χ1v) is 7.24. The molecule has 0 saturated heterocycles. The number of pyridine rings is 1. The van der Waals surface area contributed by atoms with Crippen molar-refractivity contribution < 1.29 is 4.79 Å². The molecule has 3 rings (SSSR count). The van der Waals surface area contributed by atoms with Crippen LogP contribution in [-0.4, -0.2) is 17.4 Å². The molecule has 0 radical (unpaired) electrons. The van der Waals surface area contributed by atoms with Gasteiger partial charge in [0.1, 0.15) is 11.9 Å². The summed E-state index contributed by atoms with van der Waals surface area (Å²) in [5.74, 6) is 0.643. The molecule has 2 N–H and O–H groups in total. The molecule has 1 aromatic carbocycles. The van der Waals surface area contributed by atoms with Crippen LogP contribution in [0.2, 0.25) is 5.02 Å². The van der Waals surface area contributed by atoms with Crippen molar-refractivity contribution in [3.63, 3.8) is 0 Å². The second-order valence-electron chi connectivity index (χ2n) is 5.06. The first-order valence-electron chi connectivity index (χ1n) is 6.86. The highest BCUT2D eigenvalue weighted by Crippen LogP contribution is 2.32. The van der Waals surface area contributed by atoms with Crippen molar-refractivity contribution in [3.8, 4) is 6.07 Å². The molecule has 1 amide bonds. The average molecular weight is 313 g/mol. The van der Waals surface area contributed by atoms with Crippen molar-refractivity contribution in [1.82, 2.24) is 4.98 Å². The molecule has 0 aliphatic carbocycles. The van der Waals surface area contributed by atoms with Crippen molar-refractivity contribution in [1.29, 1.82) is 5.26 Å². The summed E-state index contributed by atoms with van der Waals surface area (Å²) in [4.78, 5) is 15.9. The summed E-state index contributed by atoms with van der Waals surface area (Å²) in [6, 6.07) is 13.1. The van der Waals surface area contributed by atoms with Crippen molar-refractivity contribution in [2.45, 2.75) is 12.3 Å². The van der Waals surface area contributed by atoms with Gasteiger partial charge in [-0.25, -0.2) is 4.98 Å². The fourth-order valence-corrected chi connectivity index (χ4v) is 2.68. The molecular formula is C16H13ClN4O. The molecule has 1 unspecified atom stereocenters. The van der Waals surface area contributed by atoms with Crippen LogP contribution >= 0.6 is 11.6 Å². The van der Waals surface area contributed by atoms with Crippen LogP contribution in [0, 0.1) is 11.3 Å². The van der Waals surface area contributed by atoms with E-state index < -0.39 is 0 Å². The monoisotopic (exact) mass is 312 g/mol. The maximum absolute atomic E-state index is 11.8. The van der Waals surface area contributed by atoms with Crippen LogP contribution in [0.1, 0.15) is 23.6 Å². The van der Waals surface area contributed by atoms with E-state index in [0.717, 1.165) is 11.3 Å². The van der Waals surface area contributed by atoms with Gasteiger partial charge in [0.15, 0.2) is 5.69 Å². The van der Waals surface area contributed by atoms with Crippen LogP contribution in [0.4, 0.5) is 11.5 Å². The van der Waals surface area contributed by atoms with Gasteiger partial charge in [0.05, 0.1) is 5.02 Å². The van der Waals surface area contributed by atoms with Gasteiger partial charge in [-0.05, 0) is 23.8 Å². The third kappa shape index (κ3) is 2.87. The highest BCUT2D eigenvalue weighted by Gasteiger charge is 2.24. The minimum atomic E-state index is 0.00674. The Labute approximate surface area is 132 Å². The number of carbonyl (C=O) groups is 1. The number of nitriles is 1. The number of hydrogen-bond donors (Lipinski definition) is 2. The van der Waals surface area contributed by atoms with Crippen LogP contribution in [-0.2, 0) is 4.79 Å². The lowest BCUT2D eigenvalue weighted by molar-refractivity contribution is -0.116. The molecule has 0 bridgehead atoms. The summed E-state index contributed by atoms with van der Waals surface area (Å²) in [5.41, 5.74) is 2.14. The Bertz CT molecular complexity index is 769. The minimum Gasteiger partial charge on any atom is -0.369 e. The van der Waals surface area contributed by atoms with Gasteiger partial charge in [0.2, 0.25) is 5.91 Å². The highest BCUT2D eigenvalue weighted by molar-refractivity contribution is 6.31. The van der Waals surface area contributed by atoms with E-state index >= 15 is 0 Å². The van der Waals surface area contributed by atoms with E-state index in [1.165, 1.54) is 0 Å². The standard InChI is InChI=1S/C16H13ClN4O/c17-12-5-6-15(20-14(12)8-18)19-9-10-7-16(22)21-13-4-2-1-3-11(10)13/h1-6,10H,7,9H2,(H,19,20)(H,21,22). The van der Waals surface area contributed by atoms with E-state index in [2.05, 4.69) is 15.6 Å². The molecule has 5 nitrogen and oxygen atoms in total. The van der Waals surface area contributed by atoms with E-state index in [9.17, 15) is 4.79 Å². The van der Waals surface area contributed by atoms with E-state index in [-0.39, 0.29) is 17.5 Å². The predicted octanol–water partition coefficient (Wildman–Crippen LogP) is 3.14. The normalized spacial score (nSPS) is 16.4. The molecule has 6 heteroatoms. The number of nitrogens with one attached hydrogen (secondary N) is 2. The zero-order valence-corrected chi connectivity index (χ0v) is 12.4. The number of carbonyl (C=O) groups excluding carboxylic acids is 1. The zero-order valence-electron chi connectivity index (χ0n) is 11.6. The average Bonchev–Trinajstić information content (AvgIpc) is 2.53. The molecule has 1 aliphatic rings. The Morgan fingerprint density at radius 2 is 2.18 bits per heavy atom. The number of anilines is 2. The molecule has 22 heavy (non-hydrogen) atoms. The molecular weight excluding hydrogens is 300 g/mol. The summed E-state index contributed by atoms with van der Waals surface area (Å²) < 4.78 is 0. The SMILES string of the molecule is N#Cc1nc(NCC2CC(=O)Nc3ccccc32)ccc1Cl. The Morgan fingerprint density at radius 3 is 3.00 bits per heavy atom. The number of amides is 1. The molecule has 2 heterocycles. The Hall–Kier alpha value is -2.58. The highest BCUT2D eigenvalue weighted by atomic mass is 35.5. The Morgan fingerprint density at radius 1 is 1.36 bits per heavy atom. The summed E-state index contributed by atoms with van der Waals surface area (Å²) in [6.45, 7) is 0.559. The fourth-order valence-electron chi connectivity index (χ4n) is 2.53. The molecule has 0 saturated carbocycles. The number of benzene rings is 1. The number of rotatable bonds is 3. The number of halogens is 1. The number of hydrogen-bond acceptors (Lipinski definition) is 4. The van der Waals surface area contributed by atoms with Gasteiger partial charge in [0, 0.05) is 24.6 Å². The van der Waals surface area contributed by atoms with Gasteiger partial charge in [0.25, 0.3) is 0 Å². The van der Waals surface area contributed by atoms with Gasteiger partial charge in [-0.15, -0.1) is 0 Å². The van der Waals surface area contributed by atoms with E-state index in [4.69, 9.17) is 16.9 Å². The summed E-state index contributed by atoms with van der Waals surface area (Å²) in [7, 11) is 0. The summed E-state index contributed by atoms with van der Waals surface area (Å²) in [6.07, 6.45) is 0.419. The third-order valence-electron chi connectivity index (χ3n) is 3.59. The van der Waals surface area contributed by atoms with Crippen LogP contribution in [0.3, 0.4) is 0 Å². The van der Waals surface area contributed by atoms with Gasteiger partial charge in [-0.1, -0.05) is 29.8 Å². The molecule has 110 valence electrons. The van der Waals surface area contributed by atoms with Crippen molar-refractivity contribution >= 4 is 29.0 Å². The van der Waals surface area contributed by atoms with Crippen molar-refractivity contribution in [3.05, 3.63) is 52.7 Å². The molecule has 2 aromatic rings. The predicted molar refractivity (Wildman–Crippen MR) is 84.9 cm³/mol. The second kappa shape index (κ2) is 6.04. The van der Waals surface area contributed by atoms with Gasteiger partial charge < -0.3 is 10.6 Å². The van der Waals surface area contributed by atoms with Crippen LogP contribution in [0.15, 0.2) is 36.4 Å². The topological polar surface area (TPSA) is 77.8 Å². The minimum absolute atomic E-state index is 0.00674. The first-order chi connectivity index (χ1) is 10.7. The molecule has 1 atom stereocenters. The van der Waals surface area contributed by atoms with Crippen LogP contribution in [0.25, 0.3) is 0 Å². The molecule has 1 aliphatic heterocycles. The lowest BCUT2D eigenvalue weighted by Gasteiger charge is -2.25. The second-order valence-corrected chi connectivity index (χ2v) is 5.46. The van der Waals surface area contributed by atoms with Crippen LogP contribution < -0.4 is 10.6 Å². The lowest BCUT2D eigenvalue weighted by atomic mass is 9.90. The quantitative estimate of drug-likeness (QED) is 0.912. The number of aromatic nitrogens is 1. The van der Waals surface area contributed by atoms with Crippen molar-refractivity contribution in [2.75, 3.05) is 17.2 Å². The Kier molecular flexibility index (Phi) is 3.94. The Balaban J connectivity index is 1.77. The number of fused-ring (bicyclic) bond motifs is 1. The fraction of sp³-hybridized carbons (Fsp3) is 0.188. The maximum Gasteiger partial charge on any atom is 0.225 e. The van der Waals surface area contributed by atoms with Gasteiger partial charge in [-0.2, -0.15) is 5.26 Å². The van der Waals surface area contributed by atoms with E-state index in [0.29, 0.717) is 23.8 Å². The lowest BCUT2D eigenvalue weighted by Crippen LogP contribution is -2.26. The maximum atomic E-state index is 11.8. The van der Waals surface area contributed by atoms with E-state index in [1.54, 1.807) is 12.1 Å². The number of para-hydroxylation sites is 1. The van der Waals surface area contributed by atoms with E-state index in [1.807, 2.05) is 30.3 Å². The summed E-state index contributed by atoms with van der Waals surface area (Å²) in [5, 5.41) is 15.3. The molecule has 0 fully saturated rings. The largest absolute Gasteiger partial charge is 0.369 e.